The molecule has 15 heavy (non-hydrogen) atoms. The zero-order valence-corrected chi connectivity index (χ0v) is 9.21. The molecule has 86 valence electrons. The third-order valence-corrected chi connectivity index (χ3v) is 3.12. The second kappa shape index (κ2) is 5.47. The van der Waals surface area contributed by atoms with Crippen LogP contribution in [-0.2, 0) is 9.53 Å². The lowest BCUT2D eigenvalue weighted by Crippen LogP contribution is -2.49. The van der Waals surface area contributed by atoms with E-state index in [1.807, 2.05) is 4.90 Å². The molecule has 2 heterocycles. The number of nitrogens with zero attached hydrogens (tertiary/aromatic N) is 1. The summed E-state index contributed by atoms with van der Waals surface area (Å²) in [5.41, 5.74) is 0. The molecule has 4 nitrogen and oxygen atoms in total. The maximum absolute atomic E-state index is 12.1. The molecule has 0 aromatic rings. The van der Waals surface area contributed by atoms with Crippen molar-refractivity contribution in [2.75, 3.05) is 32.8 Å². The van der Waals surface area contributed by atoms with E-state index in [2.05, 4.69) is 5.32 Å². The highest BCUT2D eigenvalue weighted by Crippen LogP contribution is 2.12. The Morgan fingerprint density at radius 3 is 2.53 bits per heavy atom. The fourth-order valence-electron chi connectivity index (χ4n) is 2.22. The molecule has 0 aromatic carbocycles. The minimum atomic E-state index is -0.239. The zero-order chi connectivity index (χ0) is 10.5. The van der Waals surface area contributed by atoms with E-state index in [4.69, 9.17) is 4.74 Å². The molecule has 4 heteroatoms. The van der Waals surface area contributed by atoms with Gasteiger partial charge in [0.15, 0.2) is 0 Å². The van der Waals surface area contributed by atoms with E-state index in [0.717, 1.165) is 32.5 Å². The Labute approximate surface area is 91.0 Å². The minimum Gasteiger partial charge on any atom is -0.366 e. The molecule has 0 aromatic heterocycles. The third kappa shape index (κ3) is 2.92. The fraction of sp³-hybridized carbons (Fsp3) is 0.909. The number of morpholine rings is 1. The van der Waals surface area contributed by atoms with E-state index in [0.29, 0.717) is 13.2 Å². The van der Waals surface area contributed by atoms with Crippen molar-refractivity contribution in [1.82, 2.24) is 10.2 Å². The van der Waals surface area contributed by atoms with E-state index in [1.165, 1.54) is 12.8 Å². The normalized spacial score (nSPS) is 28.5. The average molecular weight is 212 g/mol. The maximum atomic E-state index is 12.1. The van der Waals surface area contributed by atoms with Crippen LogP contribution in [0.3, 0.4) is 0 Å². The Morgan fingerprint density at radius 2 is 1.93 bits per heavy atom. The van der Waals surface area contributed by atoms with Gasteiger partial charge in [0.05, 0.1) is 6.61 Å². The van der Waals surface area contributed by atoms with Crippen LogP contribution >= 0.6 is 0 Å². The molecule has 1 N–H and O–H groups in total. The van der Waals surface area contributed by atoms with Gasteiger partial charge in [-0.2, -0.15) is 0 Å². The second-order valence-corrected chi connectivity index (χ2v) is 4.30. The molecule has 2 rings (SSSR count). The highest BCUT2D eigenvalue weighted by molar-refractivity contribution is 5.81. The largest absolute Gasteiger partial charge is 0.366 e. The maximum Gasteiger partial charge on any atom is 0.253 e. The summed E-state index contributed by atoms with van der Waals surface area (Å²) in [6, 6.07) is 0. The monoisotopic (exact) mass is 212 g/mol. The van der Waals surface area contributed by atoms with Gasteiger partial charge in [-0.25, -0.2) is 0 Å². The van der Waals surface area contributed by atoms with Crippen LogP contribution in [0.1, 0.15) is 25.7 Å². The first-order valence-electron chi connectivity index (χ1n) is 5.99. The van der Waals surface area contributed by atoms with E-state index in [1.54, 1.807) is 0 Å². The number of carbonyl (C=O) groups is 1. The summed E-state index contributed by atoms with van der Waals surface area (Å²) in [4.78, 5) is 14.0. The topological polar surface area (TPSA) is 41.6 Å². The molecule has 1 atom stereocenters. The van der Waals surface area contributed by atoms with Gasteiger partial charge < -0.3 is 15.0 Å². The van der Waals surface area contributed by atoms with E-state index < -0.39 is 0 Å². The second-order valence-electron chi connectivity index (χ2n) is 4.30. The quantitative estimate of drug-likeness (QED) is 0.683. The van der Waals surface area contributed by atoms with Crippen LogP contribution in [0.25, 0.3) is 0 Å². The van der Waals surface area contributed by atoms with Gasteiger partial charge in [0.25, 0.3) is 5.91 Å². The van der Waals surface area contributed by atoms with Crippen LogP contribution in [0.4, 0.5) is 0 Å². The van der Waals surface area contributed by atoms with Crippen molar-refractivity contribution < 1.29 is 9.53 Å². The average Bonchev–Trinajstić information content (AvgIpc) is 2.58. The summed E-state index contributed by atoms with van der Waals surface area (Å²) in [6.07, 6.45) is 4.57. The molecule has 2 aliphatic rings. The lowest BCUT2D eigenvalue weighted by atomic mass is 10.2. The van der Waals surface area contributed by atoms with Crippen LogP contribution in [0.2, 0.25) is 0 Å². The molecule has 2 saturated heterocycles. The molecular formula is C11H20N2O2. The molecule has 2 fully saturated rings. The first-order chi connectivity index (χ1) is 7.38. The van der Waals surface area contributed by atoms with Crippen molar-refractivity contribution >= 4 is 5.91 Å². The van der Waals surface area contributed by atoms with Crippen molar-refractivity contribution in [3.05, 3.63) is 0 Å². The number of amides is 1. The van der Waals surface area contributed by atoms with Gasteiger partial charge in [-0.1, -0.05) is 12.8 Å². The Morgan fingerprint density at radius 1 is 1.20 bits per heavy atom. The molecule has 0 saturated carbocycles. The molecular weight excluding hydrogens is 192 g/mol. The molecule has 2 aliphatic heterocycles. The van der Waals surface area contributed by atoms with Gasteiger partial charge >= 0.3 is 0 Å². The molecule has 1 amide bonds. The van der Waals surface area contributed by atoms with Gasteiger partial charge in [0.2, 0.25) is 0 Å². The van der Waals surface area contributed by atoms with Gasteiger partial charge in [0.1, 0.15) is 6.10 Å². The highest BCUT2D eigenvalue weighted by atomic mass is 16.5. The summed E-state index contributed by atoms with van der Waals surface area (Å²) in [5.74, 6) is 0.184. The Balaban J connectivity index is 1.87. The van der Waals surface area contributed by atoms with Crippen molar-refractivity contribution in [1.29, 1.82) is 0 Å². The Hall–Kier alpha value is -0.610. The van der Waals surface area contributed by atoms with Crippen LogP contribution in [0, 0.1) is 0 Å². The number of ether oxygens (including phenoxy) is 1. The number of rotatable bonds is 1. The van der Waals surface area contributed by atoms with Crippen molar-refractivity contribution in [2.45, 2.75) is 31.8 Å². The summed E-state index contributed by atoms with van der Waals surface area (Å²) >= 11 is 0. The fourth-order valence-corrected chi connectivity index (χ4v) is 2.22. The number of hydrogen-bond acceptors (Lipinski definition) is 3. The molecule has 0 spiro atoms. The van der Waals surface area contributed by atoms with Gasteiger partial charge in [-0.05, 0) is 12.8 Å². The van der Waals surface area contributed by atoms with Gasteiger partial charge in [-0.3, -0.25) is 4.79 Å². The number of hydrogen-bond donors (Lipinski definition) is 1. The molecule has 0 unspecified atom stereocenters. The molecule has 0 radical (unpaired) electrons. The summed E-state index contributed by atoms with van der Waals surface area (Å²) in [5, 5.41) is 3.20. The third-order valence-electron chi connectivity index (χ3n) is 3.12. The number of nitrogens with one attached hydrogen (secondary N) is 1. The predicted molar refractivity (Wildman–Crippen MR) is 57.7 cm³/mol. The summed E-state index contributed by atoms with van der Waals surface area (Å²) in [7, 11) is 0. The zero-order valence-electron chi connectivity index (χ0n) is 9.21. The van der Waals surface area contributed by atoms with E-state index >= 15 is 0 Å². The Kier molecular flexibility index (Phi) is 3.97. The van der Waals surface area contributed by atoms with Crippen molar-refractivity contribution in [3.63, 3.8) is 0 Å². The van der Waals surface area contributed by atoms with Crippen molar-refractivity contribution in [2.24, 2.45) is 0 Å². The molecule has 0 aliphatic carbocycles. The van der Waals surface area contributed by atoms with E-state index in [9.17, 15) is 4.79 Å². The first-order valence-corrected chi connectivity index (χ1v) is 5.99. The summed E-state index contributed by atoms with van der Waals surface area (Å²) in [6.45, 7) is 4.03. The van der Waals surface area contributed by atoms with Crippen LogP contribution in [0.5, 0.6) is 0 Å². The summed E-state index contributed by atoms with van der Waals surface area (Å²) < 4.78 is 5.48. The van der Waals surface area contributed by atoms with Crippen molar-refractivity contribution in [3.8, 4) is 0 Å². The smallest absolute Gasteiger partial charge is 0.253 e. The van der Waals surface area contributed by atoms with E-state index in [-0.39, 0.29) is 12.0 Å². The lowest BCUT2D eigenvalue weighted by Gasteiger charge is -2.28. The van der Waals surface area contributed by atoms with Crippen LogP contribution < -0.4 is 5.32 Å². The molecule has 0 bridgehead atoms. The first kappa shape index (κ1) is 10.9. The highest BCUT2D eigenvalue weighted by Gasteiger charge is 2.26. The number of carbonyl (C=O) groups excluding carboxylic acids is 1. The predicted octanol–water partition coefficient (Wildman–Crippen LogP) is 0.377. The lowest BCUT2D eigenvalue weighted by molar-refractivity contribution is -0.145. The van der Waals surface area contributed by atoms with Crippen LogP contribution in [-0.4, -0.2) is 49.7 Å². The van der Waals surface area contributed by atoms with Crippen LogP contribution in [0.15, 0.2) is 0 Å². The minimum absolute atomic E-state index is 0.184. The van der Waals surface area contributed by atoms with Gasteiger partial charge in [-0.15, -0.1) is 0 Å². The SMILES string of the molecule is O=C([C@H]1CNCCO1)N1CCCCCC1. The number of likely N-dealkylation sites (tertiary alicyclic amines) is 1. The van der Waals surface area contributed by atoms with Gasteiger partial charge in [0, 0.05) is 26.2 Å². The standard InChI is InChI=1S/C11H20N2O2/c14-11(10-9-12-5-8-15-10)13-6-3-1-2-4-7-13/h10,12H,1-9H2/t10-/m1/s1. The Bertz CT molecular complexity index is 207.